The van der Waals surface area contributed by atoms with Gasteiger partial charge in [0.1, 0.15) is 11.4 Å². The van der Waals surface area contributed by atoms with Gasteiger partial charge < -0.3 is 0 Å². The largest absolute Gasteiger partial charge is 0.422 e. The Morgan fingerprint density at radius 2 is 0.947 bits per heavy atom. The third-order valence-electron chi connectivity index (χ3n) is 6.06. The van der Waals surface area contributed by atoms with Gasteiger partial charge in [0.15, 0.2) is 40.7 Å². The van der Waals surface area contributed by atoms with Gasteiger partial charge in [0.05, 0.1) is 5.56 Å². The molecule has 0 N–H and O–H groups in total. The minimum Gasteiger partial charge on any atom is -0.207 e. The van der Waals surface area contributed by atoms with Crippen LogP contribution in [-0.4, -0.2) is 0 Å². The molecule has 0 heterocycles. The monoisotopic (exact) mass is 542 g/mol. The third kappa shape index (κ3) is 3.75. The Balaban J connectivity index is 2.02. The van der Waals surface area contributed by atoms with Crippen LogP contribution in [0.2, 0.25) is 0 Å². The molecule has 11 heteroatoms. The number of hydrogen-bond donors (Lipinski definition) is 0. The molecule has 0 saturated carbocycles. The number of rotatable bonds is 2. The maximum Gasteiger partial charge on any atom is 0.422 e. The lowest BCUT2D eigenvalue weighted by Crippen LogP contribution is -2.16. The lowest BCUT2D eigenvalue weighted by Gasteiger charge is -2.20. The summed E-state index contributed by atoms with van der Waals surface area (Å²) in [6.45, 7) is 0. The molecule has 5 aromatic carbocycles. The summed E-state index contributed by atoms with van der Waals surface area (Å²) in [6.07, 6.45) is -5.79. The van der Waals surface area contributed by atoms with Crippen LogP contribution in [0.25, 0.3) is 43.8 Å². The zero-order chi connectivity index (χ0) is 27.7. The summed E-state index contributed by atoms with van der Waals surface area (Å²) in [7, 11) is 0. The molecule has 38 heavy (non-hydrogen) atoms. The minimum absolute atomic E-state index is 0.0495. The highest BCUT2D eigenvalue weighted by atomic mass is 19.4. The van der Waals surface area contributed by atoms with E-state index in [1.54, 1.807) is 0 Å². The molecule has 5 rings (SSSR count). The SMILES string of the molecule is Fc1ccc2c(-c3cc(F)c(F)c(F)c3)c3ccccc3c(-c3c(F)c(F)c(C(F)(F)F)c(F)c3F)c2c1. The van der Waals surface area contributed by atoms with E-state index in [0.29, 0.717) is 18.2 Å². The fourth-order valence-electron chi connectivity index (χ4n) is 4.53. The van der Waals surface area contributed by atoms with Crippen molar-refractivity contribution in [1.82, 2.24) is 0 Å². The molecule has 0 spiro atoms. The van der Waals surface area contributed by atoms with E-state index in [2.05, 4.69) is 0 Å². The lowest BCUT2D eigenvalue weighted by molar-refractivity contribution is -0.143. The van der Waals surface area contributed by atoms with Gasteiger partial charge >= 0.3 is 6.18 Å². The molecular weight excluding hydrogens is 533 g/mol. The number of hydrogen-bond acceptors (Lipinski definition) is 0. The van der Waals surface area contributed by atoms with E-state index in [0.717, 1.165) is 18.2 Å². The van der Waals surface area contributed by atoms with Gasteiger partial charge in [-0.3, -0.25) is 0 Å². The predicted octanol–water partition coefficient (Wildman–Crippen LogP) is 9.46. The van der Waals surface area contributed by atoms with Crippen molar-refractivity contribution in [1.29, 1.82) is 0 Å². The maximum absolute atomic E-state index is 15.1. The summed E-state index contributed by atoms with van der Waals surface area (Å²) in [4.78, 5) is 0. The van der Waals surface area contributed by atoms with Crippen molar-refractivity contribution >= 4 is 21.5 Å². The Morgan fingerprint density at radius 3 is 1.47 bits per heavy atom. The summed E-state index contributed by atoms with van der Waals surface area (Å²) < 4.78 is 155. The molecule has 0 aromatic heterocycles. The summed E-state index contributed by atoms with van der Waals surface area (Å²) in [5.41, 5.74) is -5.42. The highest BCUT2D eigenvalue weighted by molar-refractivity contribution is 6.21. The fourth-order valence-corrected chi connectivity index (χ4v) is 4.53. The van der Waals surface area contributed by atoms with Crippen molar-refractivity contribution in [2.75, 3.05) is 0 Å². The van der Waals surface area contributed by atoms with Crippen LogP contribution in [0.15, 0.2) is 54.6 Å². The van der Waals surface area contributed by atoms with E-state index >= 15 is 8.78 Å². The molecule has 0 fully saturated rings. The van der Waals surface area contributed by atoms with Gasteiger partial charge in [0.25, 0.3) is 0 Å². The summed E-state index contributed by atoms with van der Waals surface area (Å²) in [5, 5.41) is -0.932. The van der Waals surface area contributed by atoms with Crippen molar-refractivity contribution in [3.05, 3.63) is 107 Å². The van der Waals surface area contributed by atoms with Crippen LogP contribution in [0.3, 0.4) is 0 Å². The molecule has 194 valence electrons. The Labute approximate surface area is 205 Å². The molecule has 5 aromatic rings. The van der Waals surface area contributed by atoms with Crippen molar-refractivity contribution in [2.24, 2.45) is 0 Å². The minimum atomic E-state index is -5.79. The van der Waals surface area contributed by atoms with E-state index in [1.807, 2.05) is 0 Å². The van der Waals surface area contributed by atoms with Crippen LogP contribution in [0, 0.1) is 46.5 Å². The maximum atomic E-state index is 15.1. The first-order chi connectivity index (χ1) is 17.8. The highest BCUT2D eigenvalue weighted by Gasteiger charge is 2.43. The Bertz CT molecular complexity index is 1730. The normalized spacial score (nSPS) is 12.1. The average molecular weight is 542 g/mol. The lowest BCUT2D eigenvalue weighted by atomic mass is 9.85. The van der Waals surface area contributed by atoms with Crippen LogP contribution in [-0.2, 0) is 6.18 Å². The molecule has 0 amide bonds. The Kier molecular flexibility index (Phi) is 5.85. The number of alkyl halides is 3. The van der Waals surface area contributed by atoms with Gasteiger partial charge in [-0.2, -0.15) is 13.2 Å². The van der Waals surface area contributed by atoms with E-state index in [9.17, 15) is 39.5 Å². The molecule has 0 nitrogen and oxygen atoms in total. The zero-order valence-corrected chi connectivity index (χ0v) is 18.4. The second-order valence-electron chi connectivity index (χ2n) is 8.24. The number of halogens is 11. The first-order valence-electron chi connectivity index (χ1n) is 10.5. The van der Waals surface area contributed by atoms with E-state index in [4.69, 9.17) is 0 Å². The van der Waals surface area contributed by atoms with Crippen LogP contribution in [0.1, 0.15) is 5.56 Å². The second-order valence-corrected chi connectivity index (χ2v) is 8.24. The van der Waals surface area contributed by atoms with Crippen LogP contribution in [0.4, 0.5) is 48.3 Å². The van der Waals surface area contributed by atoms with E-state index < -0.39 is 74.8 Å². The summed E-state index contributed by atoms with van der Waals surface area (Å²) in [5.74, 6) is -16.2. The molecule has 0 saturated heterocycles. The zero-order valence-electron chi connectivity index (χ0n) is 18.4. The molecule has 0 atom stereocenters. The van der Waals surface area contributed by atoms with Crippen molar-refractivity contribution < 1.29 is 48.3 Å². The fraction of sp³-hybridized carbons (Fsp3) is 0.0370. The smallest absolute Gasteiger partial charge is 0.207 e. The van der Waals surface area contributed by atoms with Crippen LogP contribution >= 0.6 is 0 Å². The first kappa shape index (κ1) is 25.5. The van der Waals surface area contributed by atoms with Gasteiger partial charge in [-0.25, -0.2) is 35.1 Å². The molecule has 0 radical (unpaired) electrons. The van der Waals surface area contributed by atoms with Crippen molar-refractivity contribution in [3.63, 3.8) is 0 Å². The average Bonchev–Trinajstić information content (AvgIpc) is 2.85. The van der Waals surface area contributed by atoms with Crippen molar-refractivity contribution in [3.8, 4) is 22.3 Å². The predicted molar refractivity (Wildman–Crippen MR) is 117 cm³/mol. The molecule has 0 aliphatic carbocycles. The molecule has 0 unspecified atom stereocenters. The van der Waals surface area contributed by atoms with E-state index in [1.165, 1.54) is 18.2 Å². The summed E-state index contributed by atoms with van der Waals surface area (Å²) in [6, 6.07) is 8.90. The van der Waals surface area contributed by atoms with Crippen LogP contribution < -0.4 is 0 Å². The van der Waals surface area contributed by atoms with Gasteiger partial charge in [0.2, 0.25) is 0 Å². The standard InChI is InChI=1S/C27H9F11/c28-11-5-6-14-15(9-11)19(20-23(32)25(34)21(27(36,37)38)26(35)24(20)33)13-4-2-1-3-12(13)18(14)10-7-16(29)22(31)17(30)8-10/h1-9H. The Hall–Kier alpha value is -4.15. The first-order valence-corrected chi connectivity index (χ1v) is 10.5. The van der Waals surface area contributed by atoms with E-state index in [-0.39, 0.29) is 27.3 Å². The van der Waals surface area contributed by atoms with Gasteiger partial charge in [-0.05, 0) is 56.9 Å². The van der Waals surface area contributed by atoms with Gasteiger partial charge in [-0.1, -0.05) is 30.3 Å². The molecule has 0 bridgehead atoms. The van der Waals surface area contributed by atoms with Crippen LogP contribution in [0.5, 0.6) is 0 Å². The van der Waals surface area contributed by atoms with Gasteiger partial charge in [0, 0.05) is 5.56 Å². The third-order valence-corrected chi connectivity index (χ3v) is 6.06. The quantitative estimate of drug-likeness (QED) is 0.0903. The Morgan fingerprint density at radius 1 is 0.447 bits per heavy atom. The molecular formula is C27H9F11. The number of fused-ring (bicyclic) bond motifs is 2. The topological polar surface area (TPSA) is 0 Å². The van der Waals surface area contributed by atoms with Gasteiger partial charge in [-0.15, -0.1) is 0 Å². The molecule has 0 aliphatic heterocycles. The summed E-state index contributed by atoms with van der Waals surface area (Å²) >= 11 is 0. The molecule has 0 aliphatic rings. The van der Waals surface area contributed by atoms with Crippen molar-refractivity contribution in [2.45, 2.75) is 6.18 Å². The number of benzene rings is 5. The highest BCUT2D eigenvalue weighted by Crippen LogP contribution is 2.47. The second kappa shape index (κ2) is 8.71.